The van der Waals surface area contributed by atoms with E-state index in [1.807, 2.05) is 48.5 Å². The minimum Gasteiger partial charge on any atom is -0.456 e. The summed E-state index contributed by atoms with van der Waals surface area (Å²) in [5.74, 6) is 1.47. The number of furan rings is 1. The number of para-hydroxylation sites is 2. The van der Waals surface area contributed by atoms with Gasteiger partial charge in [0.1, 0.15) is 23.2 Å². The molecule has 5 heteroatoms. The van der Waals surface area contributed by atoms with Crippen molar-refractivity contribution in [3.05, 3.63) is 162 Å². The summed E-state index contributed by atoms with van der Waals surface area (Å²) in [5.41, 5.74) is 8.17. The average Bonchev–Trinajstić information content (AvgIpc) is 3.64. The van der Waals surface area contributed by atoms with Crippen LogP contribution in [0.5, 0.6) is 0 Å². The lowest BCUT2D eigenvalue weighted by Crippen LogP contribution is -2.33. The van der Waals surface area contributed by atoms with Gasteiger partial charge in [-0.15, -0.1) is 0 Å². The summed E-state index contributed by atoms with van der Waals surface area (Å²) in [7, 11) is 0. The smallest absolute Gasteiger partial charge is 0.159 e. The number of rotatable bonds is 4. The summed E-state index contributed by atoms with van der Waals surface area (Å²) in [5, 5.41) is 8.21. The van der Waals surface area contributed by atoms with Gasteiger partial charge in [0, 0.05) is 38.4 Å². The van der Waals surface area contributed by atoms with E-state index >= 15 is 0 Å². The molecule has 0 amide bonds. The molecule has 3 heterocycles. The van der Waals surface area contributed by atoms with Crippen LogP contribution in [0.1, 0.15) is 22.9 Å². The standard InChI is InChI=1S/C39H26N4O/c1-3-11-25(12-4-1)37-40-38(26-13-5-2-6-14-26)42-39(41-37)27-19-21-31-32-24-28(20-22-35(32)44-36(31)23-27)43-33-17-9-7-15-29(33)30-16-8-10-18-34(30)43/h1-24,37H,(H,40,41,42). The number of hydrogen-bond acceptors (Lipinski definition) is 4. The van der Waals surface area contributed by atoms with Crippen LogP contribution in [0, 0.1) is 0 Å². The van der Waals surface area contributed by atoms with Gasteiger partial charge in [-0.05, 0) is 48.0 Å². The van der Waals surface area contributed by atoms with Gasteiger partial charge in [-0.1, -0.05) is 103 Å². The molecule has 2 aromatic heterocycles. The molecule has 1 aliphatic rings. The Morgan fingerprint density at radius 3 is 1.98 bits per heavy atom. The molecule has 5 nitrogen and oxygen atoms in total. The molecular formula is C39H26N4O. The Morgan fingerprint density at radius 2 is 1.23 bits per heavy atom. The molecule has 1 aliphatic heterocycles. The third-order valence-corrected chi connectivity index (χ3v) is 8.46. The maximum absolute atomic E-state index is 6.43. The lowest BCUT2D eigenvalue weighted by atomic mass is 10.1. The third kappa shape index (κ3) is 3.94. The van der Waals surface area contributed by atoms with Gasteiger partial charge in [-0.2, -0.15) is 0 Å². The maximum Gasteiger partial charge on any atom is 0.159 e. The molecule has 208 valence electrons. The largest absolute Gasteiger partial charge is 0.456 e. The molecule has 0 saturated heterocycles. The second-order valence-electron chi connectivity index (χ2n) is 11.1. The van der Waals surface area contributed by atoms with E-state index < -0.39 is 0 Å². The molecule has 0 fully saturated rings. The SMILES string of the molecule is c1ccc(C2=NC(c3ccccc3)NC(c3ccc4c(c3)oc3ccc(-n5c6ccccc6c6ccccc65)cc34)=N2)cc1. The van der Waals surface area contributed by atoms with Crippen molar-refractivity contribution in [1.82, 2.24) is 9.88 Å². The van der Waals surface area contributed by atoms with Crippen LogP contribution in [0.3, 0.4) is 0 Å². The number of aliphatic imine (C=N–C) groups is 2. The van der Waals surface area contributed by atoms with Crippen molar-refractivity contribution in [3.8, 4) is 5.69 Å². The molecule has 0 aliphatic carbocycles. The van der Waals surface area contributed by atoms with E-state index in [9.17, 15) is 0 Å². The highest BCUT2D eigenvalue weighted by Gasteiger charge is 2.22. The quantitative estimate of drug-likeness (QED) is 0.231. The van der Waals surface area contributed by atoms with E-state index in [0.29, 0.717) is 5.84 Å². The van der Waals surface area contributed by atoms with Crippen molar-refractivity contribution < 1.29 is 4.42 Å². The molecular weight excluding hydrogens is 540 g/mol. The summed E-state index contributed by atoms with van der Waals surface area (Å²) >= 11 is 0. The third-order valence-electron chi connectivity index (χ3n) is 8.46. The number of nitrogens with one attached hydrogen (secondary N) is 1. The van der Waals surface area contributed by atoms with E-state index in [2.05, 4.69) is 107 Å². The van der Waals surface area contributed by atoms with Gasteiger partial charge >= 0.3 is 0 Å². The number of aromatic nitrogens is 1. The molecule has 0 spiro atoms. The number of nitrogens with zero attached hydrogens (tertiary/aromatic N) is 3. The Kier molecular flexibility index (Phi) is 5.50. The summed E-state index contributed by atoms with van der Waals surface area (Å²) in [4.78, 5) is 9.94. The first-order chi connectivity index (χ1) is 21.8. The van der Waals surface area contributed by atoms with E-state index in [4.69, 9.17) is 14.4 Å². The monoisotopic (exact) mass is 566 g/mol. The van der Waals surface area contributed by atoms with Crippen LogP contribution < -0.4 is 5.32 Å². The Bertz CT molecular complexity index is 2360. The summed E-state index contributed by atoms with van der Waals surface area (Å²) in [6, 6.07) is 50.4. The zero-order valence-electron chi connectivity index (χ0n) is 23.7. The van der Waals surface area contributed by atoms with Gasteiger partial charge in [0.2, 0.25) is 0 Å². The van der Waals surface area contributed by atoms with Crippen LogP contribution >= 0.6 is 0 Å². The van der Waals surface area contributed by atoms with Crippen molar-refractivity contribution in [2.24, 2.45) is 9.98 Å². The van der Waals surface area contributed by atoms with E-state index in [1.165, 1.54) is 21.8 Å². The zero-order chi connectivity index (χ0) is 29.0. The Morgan fingerprint density at radius 1 is 0.545 bits per heavy atom. The van der Waals surface area contributed by atoms with Crippen LogP contribution in [0.4, 0.5) is 0 Å². The van der Waals surface area contributed by atoms with Crippen molar-refractivity contribution in [2.45, 2.75) is 6.17 Å². The summed E-state index contributed by atoms with van der Waals surface area (Å²) in [6.07, 6.45) is -0.251. The minimum absolute atomic E-state index is 0.251. The fraction of sp³-hybridized carbons (Fsp3) is 0.0256. The highest BCUT2D eigenvalue weighted by atomic mass is 16.3. The second-order valence-corrected chi connectivity index (χ2v) is 11.1. The van der Waals surface area contributed by atoms with Gasteiger partial charge in [-0.25, -0.2) is 9.98 Å². The van der Waals surface area contributed by atoms with E-state index in [-0.39, 0.29) is 6.17 Å². The van der Waals surface area contributed by atoms with E-state index in [1.54, 1.807) is 0 Å². The highest BCUT2D eigenvalue weighted by molar-refractivity contribution is 6.15. The van der Waals surface area contributed by atoms with Crippen LogP contribution in [0.15, 0.2) is 160 Å². The molecule has 1 unspecified atom stereocenters. The number of benzene rings is 6. The summed E-state index contributed by atoms with van der Waals surface area (Å²) < 4.78 is 8.77. The molecule has 0 bridgehead atoms. The number of amidine groups is 2. The van der Waals surface area contributed by atoms with Crippen LogP contribution in [-0.2, 0) is 0 Å². The number of hydrogen-bond donors (Lipinski definition) is 1. The average molecular weight is 567 g/mol. The molecule has 44 heavy (non-hydrogen) atoms. The van der Waals surface area contributed by atoms with Crippen molar-refractivity contribution in [3.63, 3.8) is 0 Å². The molecule has 0 saturated carbocycles. The molecule has 1 N–H and O–H groups in total. The predicted molar refractivity (Wildman–Crippen MR) is 180 cm³/mol. The second kappa shape index (κ2) is 9.82. The molecule has 8 aromatic rings. The topological polar surface area (TPSA) is 54.8 Å². The van der Waals surface area contributed by atoms with Gasteiger partial charge < -0.3 is 14.3 Å². The fourth-order valence-corrected chi connectivity index (χ4v) is 6.37. The van der Waals surface area contributed by atoms with E-state index in [0.717, 1.165) is 50.2 Å². The van der Waals surface area contributed by atoms with Crippen molar-refractivity contribution in [2.75, 3.05) is 0 Å². The Labute approximate surface area is 253 Å². The van der Waals surface area contributed by atoms with Gasteiger partial charge in [-0.3, -0.25) is 0 Å². The van der Waals surface area contributed by atoms with Crippen molar-refractivity contribution >= 4 is 55.4 Å². The lowest BCUT2D eigenvalue weighted by molar-refractivity contribution is 0.666. The van der Waals surface area contributed by atoms with Gasteiger partial charge in [0.25, 0.3) is 0 Å². The summed E-state index contributed by atoms with van der Waals surface area (Å²) in [6.45, 7) is 0. The minimum atomic E-state index is -0.251. The number of fused-ring (bicyclic) bond motifs is 6. The molecule has 1 atom stereocenters. The molecule has 0 radical (unpaired) electrons. The van der Waals surface area contributed by atoms with Crippen LogP contribution in [-0.4, -0.2) is 16.2 Å². The lowest BCUT2D eigenvalue weighted by Gasteiger charge is -2.23. The van der Waals surface area contributed by atoms with Crippen LogP contribution in [0.25, 0.3) is 49.4 Å². The first kappa shape index (κ1) is 24.6. The van der Waals surface area contributed by atoms with Crippen LogP contribution in [0.2, 0.25) is 0 Å². The Balaban J connectivity index is 1.16. The molecule has 9 rings (SSSR count). The van der Waals surface area contributed by atoms with Gasteiger partial charge in [0.05, 0.1) is 11.0 Å². The molecule has 6 aromatic carbocycles. The first-order valence-electron chi connectivity index (χ1n) is 14.8. The Hall–Kier alpha value is -5.94. The normalized spacial score (nSPS) is 15.0. The zero-order valence-corrected chi connectivity index (χ0v) is 23.7. The maximum atomic E-state index is 6.43. The van der Waals surface area contributed by atoms with Crippen molar-refractivity contribution in [1.29, 1.82) is 0 Å². The first-order valence-corrected chi connectivity index (χ1v) is 14.8. The van der Waals surface area contributed by atoms with Gasteiger partial charge in [0.15, 0.2) is 5.84 Å². The predicted octanol–water partition coefficient (Wildman–Crippen LogP) is 9.18. The highest BCUT2D eigenvalue weighted by Crippen LogP contribution is 2.36. The fourth-order valence-electron chi connectivity index (χ4n) is 6.37.